The lowest BCUT2D eigenvalue weighted by atomic mass is 10.1. The molecule has 4 nitrogen and oxygen atoms in total. The Morgan fingerprint density at radius 3 is 2.48 bits per heavy atom. The summed E-state index contributed by atoms with van der Waals surface area (Å²) in [4.78, 5) is 16.0. The number of likely N-dealkylation sites (N-methyl/N-ethyl adjacent to an activating group) is 1. The van der Waals surface area contributed by atoms with Gasteiger partial charge >= 0.3 is 0 Å². The van der Waals surface area contributed by atoms with Crippen LogP contribution < -0.4 is 10.2 Å². The van der Waals surface area contributed by atoms with Crippen LogP contribution in [0.15, 0.2) is 24.3 Å². The lowest BCUT2D eigenvalue weighted by Gasteiger charge is -2.34. The van der Waals surface area contributed by atoms with E-state index in [2.05, 4.69) is 58.3 Å². The largest absolute Gasteiger partial charge is 0.369 e. The Morgan fingerprint density at radius 1 is 1.19 bits per heavy atom. The lowest BCUT2D eigenvalue weighted by Crippen LogP contribution is -2.44. The topological polar surface area (TPSA) is 35.6 Å². The van der Waals surface area contributed by atoms with Crippen molar-refractivity contribution in [3.8, 4) is 11.8 Å². The van der Waals surface area contributed by atoms with Crippen LogP contribution in [-0.4, -0.2) is 50.6 Å². The first kappa shape index (κ1) is 15.4. The van der Waals surface area contributed by atoms with E-state index in [0.29, 0.717) is 6.54 Å². The summed E-state index contributed by atoms with van der Waals surface area (Å²) < 4.78 is 0. The van der Waals surface area contributed by atoms with Crippen LogP contribution in [0.3, 0.4) is 0 Å². The van der Waals surface area contributed by atoms with Crippen molar-refractivity contribution in [3.05, 3.63) is 29.8 Å². The van der Waals surface area contributed by atoms with Gasteiger partial charge in [-0.1, -0.05) is 18.1 Å². The summed E-state index contributed by atoms with van der Waals surface area (Å²) >= 11 is 0. The first-order chi connectivity index (χ1) is 10.2. The first-order valence-corrected chi connectivity index (χ1v) is 7.42. The zero-order chi connectivity index (χ0) is 15.1. The van der Waals surface area contributed by atoms with Crippen LogP contribution in [0.4, 0.5) is 5.69 Å². The minimum absolute atomic E-state index is 0.202. The van der Waals surface area contributed by atoms with E-state index >= 15 is 0 Å². The molecule has 112 valence electrons. The molecule has 0 bridgehead atoms. The van der Waals surface area contributed by atoms with Gasteiger partial charge in [-0.15, -0.1) is 0 Å². The zero-order valence-corrected chi connectivity index (χ0v) is 12.9. The second-order valence-corrected chi connectivity index (χ2v) is 5.34. The highest BCUT2D eigenvalue weighted by molar-refractivity contribution is 5.93. The van der Waals surface area contributed by atoms with Crippen LogP contribution >= 0.6 is 0 Å². The maximum absolute atomic E-state index is 11.2. The summed E-state index contributed by atoms with van der Waals surface area (Å²) in [6, 6.07) is 8.64. The normalized spacial score (nSPS) is 15.2. The second-order valence-electron chi connectivity index (χ2n) is 5.34. The number of piperazine rings is 1. The number of carbonyl (C=O) groups is 1. The molecule has 0 spiro atoms. The van der Waals surface area contributed by atoms with Crippen LogP contribution in [0.2, 0.25) is 0 Å². The maximum atomic E-state index is 11.2. The highest BCUT2D eigenvalue weighted by Crippen LogP contribution is 2.17. The minimum Gasteiger partial charge on any atom is -0.369 e. The number of rotatable bonds is 4. The first-order valence-electron chi connectivity index (χ1n) is 7.42. The van der Waals surface area contributed by atoms with Crippen molar-refractivity contribution < 1.29 is 4.79 Å². The van der Waals surface area contributed by atoms with Gasteiger partial charge in [-0.2, -0.15) is 0 Å². The Kier molecular flexibility index (Phi) is 5.65. The molecule has 0 atom stereocenters. The van der Waals surface area contributed by atoms with E-state index < -0.39 is 0 Å². The van der Waals surface area contributed by atoms with Crippen LogP contribution in [0.5, 0.6) is 0 Å². The molecule has 0 aliphatic carbocycles. The summed E-state index contributed by atoms with van der Waals surface area (Å²) in [5.41, 5.74) is 2.52. The maximum Gasteiger partial charge on any atom is 0.295 e. The summed E-state index contributed by atoms with van der Waals surface area (Å²) in [6.07, 6.45) is 0.833. The molecular formula is C17H23N3O. The van der Waals surface area contributed by atoms with Gasteiger partial charge in [0.05, 0.1) is 0 Å². The van der Waals surface area contributed by atoms with Crippen molar-refractivity contribution in [2.75, 3.05) is 44.7 Å². The van der Waals surface area contributed by atoms with Gasteiger partial charge in [0.15, 0.2) is 0 Å². The van der Waals surface area contributed by atoms with Crippen LogP contribution in [0, 0.1) is 11.8 Å². The molecule has 1 saturated heterocycles. The number of benzene rings is 1. The Labute approximate surface area is 127 Å². The molecule has 1 N–H and O–H groups in total. The Balaban J connectivity index is 1.81. The van der Waals surface area contributed by atoms with Gasteiger partial charge in [-0.05, 0) is 44.0 Å². The Hall–Kier alpha value is -1.99. The number of anilines is 1. The van der Waals surface area contributed by atoms with Crippen molar-refractivity contribution in [2.24, 2.45) is 0 Å². The van der Waals surface area contributed by atoms with E-state index in [1.54, 1.807) is 6.92 Å². The molecule has 1 aliphatic heterocycles. The van der Waals surface area contributed by atoms with Gasteiger partial charge in [0.25, 0.3) is 5.91 Å². The summed E-state index contributed by atoms with van der Waals surface area (Å²) in [5.74, 6) is 4.87. The standard InChI is InChI=1S/C17H23N3O/c1-3-4-17(21)18-10-9-15-5-7-16(8-6-15)20-13-11-19(2)12-14-20/h5-8H,9-14H2,1-2H3,(H,18,21). The van der Waals surface area contributed by atoms with Crippen molar-refractivity contribution in [2.45, 2.75) is 13.3 Å². The number of carbonyl (C=O) groups excluding carboxylic acids is 1. The van der Waals surface area contributed by atoms with Gasteiger partial charge in [-0.3, -0.25) is 4.79 Å². The molecular weight excluding hydrogens is 262 g/mol. The highest BCUT2D eigenvalue weighted by Gasteiger charge is 2.13. The predicted octanol–water partition coefficient (Wildman–Crippen LogP) is 1.12. The van der Waals surface area contributed by atoms with Crippen LogP contribution in [-0.2, 0) is 11.2 Å². The van der Waals surface area contributed by atoms with Gasteiger partial charge < -0.3 is 15.1 Å². The van der Waals surface area contributed by atoms with Crippen LogP contribution in [0.25, 0.3) is 0 Å². The molecule has 4 heteroatoms. The third-order valence-electron chi connectivity index (χ3n) is 3.74. The molecule has 21 heavy (non-hydrogen) atoms. The molecule has 1 heterocycles. The number of nitrogens with zero attached hydrogens (tertiary/aromatic N) is 2. The molecule has 1 aromatic carbocycles. The number of amides is 1. The lowest BCUT2D eigenvalue weighted by molar-refractivity contribution is -0.115. The predicted molar refractivity (Wildman–Crippen MR) is 86.3 cm³/mol. The SMILES string of the molecule is CC#CC(=O)NCCc1ccc(N2CCN(C)CC2)cc1. The molecule has 2 rings (SSSR count). The second kappa shape index (κ2) is 7.70. The van der Waals surface area contributed by atoms with E-state index in [9.17, 15) is 4.79 Å². The van der Waals surface area contributed by atoms with E-state index in [4.69, 9.17) is 0 Å². The molecule has 0 aromatic heterocycles. The van der Waals surface area contributed by atoms with Crippen molar-refractivity contribution in [1.82, 2.24) is 10.2 Å². The fourth-order valence-corrected chi connectivity index (χ4v) is 2.42. The smallest absolute Gasteiger partial charge is 0.295 e. The molecule has 1 aliphatic rings. The monoisotopic (exact) mass is 285 g/mol. The van der Waals surface area contributed by atoms with Gasteiger partial charge in [0.1, 0.15) is 0 Å². The summed E-state index contributed by atoms with van der Waals surface area (Å²) in [6.45, 7) is 6.69. The van der Waals surface area contributed by atoms with Gasteiger partial charge in [0.2, 0.25) is 0 Å². The molecule has 1 amide bonds. The average Bonchev–Trinajstić information content (AvgIpc) is 2.49. The molecule has 1 aromatic rings. The fraction of sp³-hybridized carbons (Fsp3) is 0.471. The average molecular weight is 285 g/mol. The number of nitrogens with one attached hydrogen (secondary N) is 1. The molecule has 0 radical (unpaired) electrons. The Morgan fingerprint density at radius 2 is 1.86 bits per heavy atom. The van der Waals surface area contributed by atoms with Crippen molar-refractivity contribution in [3.63, 3.8) is 0 Å². The van der Waals surface area contributed by atoms with E-state index in [1.807, 2.05) is 0 Å². The Bertz CT molecular complexity index is 519. The van der Waals surface area contributed by atoms with E-state index in [0.717, 1.165) is 32.6 Å². The van der Waals surface area contributed by atoms with Gasteiger partial charge in [-0.25, -0.2) is 0 Å². The van der Waals surface area contributed by atoms with Crippen molar-refractivity contribution in [1.29, 1.82) is 0 Å². The van der Waals surface area contributed by atoms with E-state index in [1.165, 1.54) is 11.3 Å². The molecule has 0 unspecified atom stereocenters. The van der Waals surface area contributed by atoms with Crippen molar-refractivity contribution >= 4 is 11.6 Å². The van der Waals surface area contributed by atoms with Gasteiger partial charge in [0, 0.05) is 38.4 Å². The zero-order valence-electron chi connectivity index (χ0n) is 12.9. The summed E-state index contributed by atoms with van der Waals surface area (Å²) in [5, 5.41) is 2.79. The van der Waals surface area contributed by atoms with E-state index in [-0.39, 0.29) is 5.91 Å². The molecule has 1 fully saturated rings. The van der Waals surface area contributed by atoms with Crippen LogP contribution in [0.1, 0.15) is 12.5 Å². The summed E-state index contributed by atoms with van der Waals surface area (Å²) in [7, 11) is 2.16. The highest BCUT2D eigenvalue weighted by atomic mass is 16.1. The third-order valence-corrected chi connectivity index (χ3v) is 3.74. The number of hydrogen-bond donors (Lipinski definition) is 1. The number of hydrogen-bond acceptors (Lipinski definition) is 3. The molecule has 0 saturated carbocycles. The fourth-order valence-electron chi connectivity index (χ4n) is 2.42. The minimum atomic E-state index is -0.202. The quantitative estimate of drug-likeness (QED) is 0.842. The third kappa shape index (κ3) is 4.80.